The van der Waals surface area contributed by atoms with Gasteiger partial charge in [-0.05, 0) is 6.92 Å². The van der Waals surface area contributed by atoms with Gasteiger partial charge in [-0.1, -0.05) is 18.8 Å². The molecule has 0 aromatic rings. The van der Waals surface area contributed by atoms with Crippen LogP contribution in [0.4, 0.5) is 0 Å². The Kier molecular flexibility index (Phi) is 2.69. The zero-order chi connectivity index (χ0) is 6.73. The molecule has 0 rings (SSSR count). The number of hydrogen-bond acceptors (Lipinski definition) is 2. The summed E-state index contributed by atoms with van der Waals surface area (Å²) in [5.74, 6) is 0. The summed E-state index contributed by atoms with van der Waals surface area (Å²) in [6.45, 7) is 5.61. The normalized spacial score (nSPS) is 8.38. The third kappa shape index (κ3) is 2.07. The number of hydrogen-bond donors (Lipinski definition) is 0. The smallest absolute Gasteiger partial charge is 0.0426 e. The molecule has 0 saturated carbocycles. The lowest BCUT2D eigenvalue weighted by molar-refractivity contribution is 0.542. The van der Waals surface area contributed by atoms with Gasteiger partial charge in [-0.15, -0.1) is 0 Å². The summed E-state index contributed by atoms with van der Waals surface area (Å²) in [7, 11) is 3.86. The molecule has 0 spiro atoms. The van der Waals surface area contributed by atoms with Crippen LogP contribution < -0.4 is 0 Å². The molecule has 0 aliphatic heterocycles. The molecule has 0 aliphatic rings. The molecule has 46 valence electrons. The topological polar surface area (TPSA) is 3.24 Å². The highest BCUT2D eigenvalue weighted by Gasteiger charge is 1.94. The van der Waals surface area contributed by atoms with Gasteiger partial charge in [-0.2, -0.15) is 0 Å². The Morgan fingerprint density at radius 3 is 1.88 bits per heavy atom. The fourth-order valence-corrected chi connectivity index (χ4v) is 0.497. The fraction of sp³-hybridized carbons (Fsp3) is 0.500. The number of nitrogens with zero attached hydrogens (tertiary/aromatic N) is 1. The predicted octanol–water partition coefficient (Wildman–Crippen LogP) is 1.45. The molecule has 0 heterocycles. The van der Waals surface area contributed by atoms with E-state index in [4.69, 9.17) is 12.2 Å². The molecule has 0 radical (unpaired) electrons. The van der Waals surface area contributed by atoms with Crippen LogP contribution in [0.1, 0.15) is 6.92 Å². The molecule has 0 aromatic carbocycles. The highest BCUT2D eigenvalue weighted by molar-refractivity contribution is 7.80. The maximum atomic E-state index is 4.85. The van der Waals surface area contributed by atoms with Crippen molar-refractivity contribution in [2.45, 2.75) is 6.92 Å². The average Bonchev–Trinajstić information content (AvgIpc) is 1.64. The van der Waals surface area contributed by atoms with Crippen LogP contribution in [0.2, 0.25) is 0 Å². The molecule has 0 amide bonds. The maximum Gasteiger partial charge on any atom is 0.0426 e. The minimum absolute atomic E-state index is 0.856. The molecule has 0 N–H and O–H groups in total. The molecule has 0 fully saturated rings. The van der Waals surface area contributed by atoms with Crippen molar-refractivity contribution in [3.63, 3.8) is 0 Å². The van der Waals surface area contributed by atoms with Crippen molar-refractivity contribution in [1.29, 1.82) is 0 Å². The van der Waals surface area contributed by atoms with Gasteiger partial charge in [0.1, 0.15) is 0 Å². The monoisotopic (exact) mass is 129 g/mol. The van der Waals surface area contributed by atoms with Crippen molar-refractivity contribution < 1.29 is 0 Å². The summed E-state index contributed by atoms with van der Waals surface area (Å²) in [4.78, 5) is 2.76. The van der Waals surface area contributed by atoms with E-state index in [0.717, 1.165) is 10.6 Å². The zero-order valence-corrected chi connectivity index (χ0v) is 6.38. The first-order valence-electron chi connectivity index (χ1n) is 2.43. The summed E-state index contributed by atoms with van der Waals surface area (Å²) in [5, 5.41) is 0. The molecule has 0 aliphatic carbocycles. The van der Waals surface area contributed by atoms with Crippen LogP contribution in [0.5, 0.6) is 0 Å². The Labute approximate surface area is 56.0 Å². The van der Waals surface area contributed by atoms with E-state index in [1.165, 1.54) is 0 Å². The molecular weight excluding hydrogens is 118 g/mol. The van der Waals surface area contributed by atoms with Gasteiger partial charge in [-0.25, -0.2) is 0 Å². The molecular formula is C6H11NS. The zero-order valence-electron chi connectivity index (χ0n) is 5.56. The van der Waals surface area contributed by atoms with Gasteiger partial charge in [0.25, 0.3) is 0 Å². The van der Waals surface area contributed by atoms with Crippen LogP contribution in [0.15, 0.2) is 12.3 Å². The number of rotatable bonds is 2. The molecule has 0 saturated heterocycles. The molecule has 1 nitrogen and oxygen atoms in total. The predicted molar refractivity (Wildman–Crippen MR) is 41.1 cm³/mol. The summed E-state index contributed by atoms with van der Waals surface area (Å²) < 4.78 is 0. The number of thiocarbonyl (C=S) groups is 1. The van der Waals surface area contributed by atoms with Crippen LogP contribution in [-0.4, -0.2) is 23.9 Å². The summed E-state index contributed by atoms with van der Waals surface area (Å²) in [5.41, 5.74) is 0.917. The first-order chi connectivity index (χ1) is 3.55. The van der Waals surface area contributed by atoms with Gasteiger partial charge in [-0.3, -0.25) is 0 Å². The molecule has 2 heteroatoms. The first kappa shape index (κ1) is 7.63. The quantitative estimate of drug-likeness (QED) is 0.410. The lowest BCUT2D eigenvalue weighted by Crippen LogP contribution is -2.14. The van der Waals surface area contributed by atoms with Crippen LogP contribution in [0, 0.1) is 0 Å². The summed E-state index contributed by atoms with van der Waals surface area (Å²) in [6, 6.07) is 0. The Morgan fingerprint density at radius 2 is 1.88 bits per heavy atom. The van der Waals surface area contributed by atoms with E-state index in [1.54, 1.807) is 0 Å². The van der Waals surface area contributed by atoms with Gasteiger partial charge in [0.05, 0.1) is 0 Å². The highest BCUT2D eigenvalue weighted by Crippen LogP contribution is 1.96. The second-order valence-electron chi connectivity index (χ2n) is 1.90. The van der Waals surface area contributed by atoms with Gasteiger partial charge < -0.3 is 4.90 Å². The SMILES string of the molecule is C=C(C(C)=S)N(C)C. The van der Waals surface area contributed by atoms with Crippen molar-refractivity contribution >= 4 is 17.1 Å². The van der Waals surface area contributed by atoms with E-state index in [2.05, 4.69) is 6.58 Å². The summed E-state index contributed by atoms with van der Waals surface area (Å²) >= 11 is 4.85. The van der Waals surface area contributed by atoms with Gasteiger partial charge in [0.2, 0.25) is 0 Å². The lowest BCUT2D eigenvalue weighted by atomic mass is 10.3. The highest BCUT2D eigenvalue weighted by atomic mass is 32.1. The molecule has 8 heavy (non-hydrogen) atoms. The second kappa shape index (κ2) is 2.82. The van der Waals surface area contributed by atoms with Gasteiger partial charge >= 0.3 is 0 Å². The van der Waals surface area contributed by atoms with E-state index in [1.807, 2.05) is 25.9 Å². The van der Waals surface area contributed by atoms with E-state index >= 15 is 0 Å². The third-order valence-corrected chi connectivity index (χ3v) is 1.18. The Morgan fingerprint density at radius 1 is 1.50 bits per heavy atom. The largest absolute Gasteiger partial charge is 0.377 e. The van der Waals surface area contributed by atoms with Crippen molar-refractivity contribution in [3.8, 4) is 0 Å². The van der Waals surface area contributed by atoms with Crippen molar-refractivity contribution in [1.82, 2.24) is 4.90 Å². The van der Waals surface area contributed by atoms with Crippen LogP contribution in [0.25, 0.3) is 0 Å². The minimum Gasteiger partial charge on any atom is -0.377 e. The molecule has 0 unspecified atom stereocenters. The summed E-state index contributed by atoms with van der Waals surface area (Å²) in [6.07, 6.45) is 0. The van der Waals surface area contributed by atoms with E-state index in [9.17, 15) is 0 Å². The average molecular weight is 129 g/mol. The van der Waals surface area contributed by atoms with E-state index < -0.39 is 0 Å². The van der Waals surface area contributed by atoms with E-state index in [0.29, 0.717) is 0 Å². The molecule has 0 atom stereocenters. The third-order valence-electron chi connectivity index (χ3n) is 0.946. The van der Waals surface area contributed by atoms with Crippen LogP contribution in [-0.2, 0) is 0 Å². The Bertz CT molecular complexity index is 116. The van der Waals surface area contributed by atoms with Crippen molar-refractivity contribution in [3.05, 3.63) is 12.3 Å². The fourth-order valence-electron chi connectivity index (χ4n) is 0.315. The van der Waals surface area contributed by atoms with Crippen molar-refractivity contribution in [2.75, 3.05) is 14.1 Å². The second-order valence-corrected chi connectivity index (χ2v) is 2.51. The standard InChI is InChI=1S/C6H11NS/c1-5(6(2)8)7(3)4/h1H2,2-4H3. The lowest BCUT2D eigenvalue weighted by Gasteiger charge is -2.13. The van der Waals surface area contributed by atoms with Gasteiger partial charge in [0.15, 0.2) is 0 Å². The Hall–Kier alpha value is -0.370. The van der Waals surface area contributed by atoms with E-state index in [-0.39, 0.29) is 0 Å². The van der Waals surface area contributed by atoms with Crippen LogP contribution in [0.3, 0.4) is 0 Å². The molecule has 0 bridgehead atoms. The first-order valence-corrected chi connectivity index (χ1v) is 2.83. The van der Waals surface area contributed by atoms with Gasteiger partial charge in [0, 0.05) is 24.7 Å². The maximum absolute atomic E-state index is 4.85. The minimum atomic E-state index is 0.856. The van der Waals surface area contributed by atoms with Crippen LogP contribution >= 0.6 is 12.2 Å². The Balaban J connectivity index is 3.84. The molecule has 0 aromatic heterocycles. The number of allylic oxidation sites excluding steroid dienone is 1. The van der Waals surface area contributed by atoms with Crippen molar-refractivity contribution in [2.24, 2.45) is 0 Å².